The smallest absolute Gasteiger partial charge is 0.315 e. The van der Waals surface area contributed by atoms with Crippen molar-refractivity contribution in [2.24, 2.45) is 0 Å². The second kappa shape index (κ2) is 18.7. The number of hydrogen-bond acceptors (Lipinski definition) is 5. The van der Waals surface area contributed by atoms with Gasteiger partial charge in [-0.1, -0.05) is 51.4 Å². The molecule has 1 atom stereocenters. The van der Waals surface area contributed by atoms with E-state index in [-0.39, 0.29) is 38.0 Å². The topological polar surface area (TPSA) is 113 Å². The molecule has 3 N–H and O–H groups in total. The van der Waals surface area contributed by atoms with Gasteiger partial charge in [0, 0.05) is 19.1 Å². The first-order chi connectivity index (χ1) is 13.5. The summed E-state index contributed by atoms with van der Waals surface area (Å²) in [5.74, 6) is -1.53. The molecule has 28 heavy (non-hydrogen) atoms. The first kappa shape index (κ1) is 26.4. The Kier molecular flexibility index (Phi) is 17.6. The number of aliphatic hydroxyl groups is 1. The molecule has 0 fully saturated rings. The van der Waals surface area contributed by atoms with Crippen LogP contribution in [-0.2, 0) is 19.1 Å². The zero-order chi connectivity index (χ0) is 21.0. The van der Waals surface area contributed by atoms with Crippen molar-refractivity contribution in [3.8, 4) is 0 Å². The van der Waals surface area contributed by atoms with E-state index in [1.807, 2.05) is 0 Å². The lowest BCUT2D eigenvalue weighted by atomic mass is 10.00. The third-order valence-electron chi connectivity index (χ3n) is 4.63. The van der Waals surface area contributed by atoms with Gasteiger partial charge in [0.1, 0.15) is 6.42 Å². The van der Waals surface area contributed by atoms with Crippen molar-refractivity contribution >= 4 is 17.8 Å². The number of nitrogens with one attached hydrogen (secondary N) is 1. The fourth-order valence-electron chi connectivity index (χ4n) is 3.14. The summed E-state index contributed by atoms with van der Waals surface area (Å²) in [6.07, 6.45) is 11.4. The fourth-order valence-corrected chi connectivity index (χ4v) is 3.14. The molecule has 0 radical (unpaired) electrons. The van der Waals surface area contributed by atoms with Crippen LogP contribution in [0.2, 0.25) is 0 Å². The maximum absolute atomic E-state index is 12.1. The number of aliphatic carboxylic acids is 1. The highest BCUT2D eigenvalue weighted by atomic mass is 16.5. The highest BCUT2D eigenvalue weighted by Crippen LogP contribution is 2.14. The van der Waals surface area contributed by atoms with Gasteiger partial charge < -0.3 is 20.3 Å². The van der Waals surface area contributed by atoms with Crippen molar-refractivity contribution in [1.82, 2.24) is 5.32 Å². The van der Waals surface area contributed by atoms with E-state index in [0.717, 1.165) is 70.6 Å². The Labute approximate surface area is 169 Å². The molecule has 7 heteroatoms. The van der Waals surface area contributed by atoms with E-state index in [2.05, 4.69) is 5.32 Å². The minimum atomic E-state index is -0.747. The van der Waals surface area contributed by atoms with Crippen molar-refractivity contribution in [2.45, 2.75) is 103 Å². The summed E-state index contributed by atoms with van der Waals surface area (Å²) in [6, 6.07) is 0.0544. The minimum absolute atomic E-state index is 0.0544. The molecule has 0 saturated carbocycles. The molecule has 164 valence electrons. The molecular weight excluding hydrogens is 362 g/mol. The van der Waals surface area contributed by atoms with E-state index in [1.165, 1.54) is 0 Å². The predicted molar refractivity (Wildman–Crippen MR) is 108 cm³/mol. The molecule has 0 aromatic heterocycles. The normalized spacial score (nSPS) is 11.8. The fraction of sp³-hybridized carbons (Fsp3) is 0.857. The second-order valence-electron chi connectivity index (χ2n) is 7.23. The molecule has 1 amide bonds. The van der Waals surface area contributed by atoms with Crippen molar-refractivity contribution in [1.29, 1.82) is 0 Å². The summed E-state index contributed by atoms with van der Waals surface area (Å²) in [7, 11) is 0. The number of carbonyl (C=O) groups excluding carboxylic acids is 2. The van der Waals surface area contributed by atoms with Gasteiger partial charge in [0.25, 0.3) is 0 Å². The molecule has 7 nitrogen and oxygen atoms in total. The Morgan fingerprint density at radius 2 is 1.39 bits per heavy atom. The third-order valence-corrected chi connectivity index (χ3v) is 4.63. The van der Waals surface area contributed by atoms with E-state index in [4.69, 9.17) is 14.9 Å². The van der Waals surface area contributed by atoms with Crippen LogP contribution < -0.4 is 5.32 Å². The maximum Gasteiger partial charge on any atom is 0.315 e. The Hall–Kier alpha value is -1.63. The number of aliphatic hydroxyl groups excluding tert-OH is 1. The highest BCUT2D eigenvalue weighted by molar-refractivity contribution is 5.94. The molecule has 0 aliphatic carbocycles. The van der Waals surface area contributed by atoms with Gasteiger partial charge in [-0.3, -0.25) is 14.4 Å². The number of carbonyl (C=O) groups is 3. The Balaban J connectivity index is 4.14. The van der Waals surface area contributed by atoms with Crippen LogP contribution in [0.25, 0.3) is 0 Å². The number of unbranched alkanes of at least 4 members (excludes halogenated alkanes) is 8. The van der Waals surface area contributed by atoms with E-state index in [1.54, 1.807) is 6.92 Å². The number of esters is 1. The number of rotatable bonds is 19. The van der Waals surface area contributed by atoms with Crippen LogP contribution in [0.15, 0.2) is 0 Å². The molecule has 0 heterocycles. The standard InChI is InChI=1S/C21H39NO6/c1-2-28-21(27)17-19(24)22-18(14-10-6-4-8-12-16-23)13-9-5-3-7-11-15-20(25)26/h18,23H,2-17H2,1H3,(H,22,24)(H,25,26). The number of amides is 1. The number of ether oxygens (including phenoxy) is 1. The first-order valence-electron chi connectivity index (χ1n) is 10.8. The lowest BCUT2D eigenvalue weighted by Crippen LogP contribution is -2.36. The SMILES string of the molecule is CCOC(=O)CC(=O)NC(CCCCCCCO)CCCCCCCC(=O)O. The van der Waals surface area contributed by atoms with E-state index in [0.29, 0.717) is 6.42 Å². The third kappa shape index (κ3) is 17.8. The Bertz CT molecular complexity index is 427. The molecule has 0 rings (SSSR count). The number of carboxylic acids is 1. The average Bonchev–Trinajstić information content (AvgIpc) is 2.63. The minimum Gasteiger partial charge on any atom is -0.481 e. The van der Waals surface area contributed by atoms with Crippen LogP contribution in [0.1, 0.15) is 96.8 Å². The van der Waals surface area contributed by atoms with Gasteiger partial charge in [0.05, 0.1) is 6.61 Å². The van der Waals surface area contributed by atoms with E-state index in [9.17, 15) is 14.4 Å². The van der Waals surface area contributed by atoms with Crippen LogP contribution in [0, 0.1) is 0 Å². The lowest BCUT2D eigenvalue weighted by molar-refractivity contribution is -0.146. The molecule has 0 aliphatic heterocycles. The average molecular weight is 402 g/mol. The van der Waals surface area contributed by atoms with Gasteiger partial charge in [-0.15, -0.1) is 0 Å². The monoisotopic (exact) mass is 401 g/mol. The van der Waals surface area contributed by atoms with Crippen LogP contribution in [0.4, 0.5) is 0 Å². The molecule has 0 spiro atoms. The van der Waals surface area contributed by atoms with Crippen molar-refractivity contribution in [2.75, 3.05) is 13.2 Å². The van der Waals surface area contributed by atoms with Crippen LogP contribution >= 0.6 is 0 Å². The Morgan fingerprint density at radius 1 is 0.857 bits per heavy atom. The summed E-state index contributed by atoms with van der Waals surface area (Å²) >= 11 is 0. The van der Waals surface area contributed by atoms with Crippen molar-refractivity contribution < 1.29 is 29.3 Å². The molecular formula is C21H39NO6. The molecule has 0 bridgehead atoms. The van der Waals surface area contributed by atoms with E-state index < -0.39 is 11.9 Å². The van der Waals surface area contributed by atoms with Gasteiger partial charge in [-0.2, -0.15) is 0 Å². The zero-order valence-electron chi connectivity index (χ0n) is 17.4. The van der Waals surface area contributed by atoms with Crippen molar-refractivity contribution in [3.63, 3.8) is 0 Å². The zero-order valence-corrected chi connectivity index (χ0v) is 17.4. The molecule has 0 aromatic carbocycles. The number of carboxylic acid groups (broad SMARTS) is 1. The molecule has 1 unspecified atom stereocenters. The molecule has 0 saturated heterocycles. The van der Waals surface area contributed by atoms with Gasteiger partial charge in [-0.05, 0) is 32.6 Å². The van der Waals surface area contributed by atoms with Crippen molar-refractivity contribution in [3.05, 3.63) is 0 Å². The molecule has 0 aromatic rings. The lowest BCUT2D eigenvalue weighted by Gasteiger charge is -2.19. The number of hydrogen-bond donors (Lipinski definition) is 3. The van der Waals surface area contributed by atoms with Gasteiger partial charge in [-0.25, -0.2) is 0 Å². The van der Waals surface area contributed by atoms with E-state index >= 15 is 0 Å². The first-order valence-corrected chi connectivity index (χ1v) is 10.8. The largest absolute Gasteiger partial charge is 0.481 e. The second-order valence-corrected chi connectivity index (χ2v) is 7.23. The summed E-state index contributed by atoms with van der Waals surface area (Å²) in [5.41, 5.74) is 0. The maximum atomic E-state index is 12.1. The predicted octanol–water partition coefficient (Wildman–Crippen LogP) is 3.57. The van der Waals surface area contributed by atoms with Crippen LogP contribution in [-0.4, -0.2) is 47.3 Å². The van der Waals surface area contributed by atoms with Crippen LogP contribution in [0.3, 0.4) is 0 Å². The highest BCUT2D eigenvalue weighted by Gasteiger charge is 2.15. The van der Waals surface area contributed by atoms with Gasteiger partial charge in [0.15, 0.2) is 0 Å². The summed E-state index contributed by atoms with van der Waals surface area (Å²) in [6.45, 7) is 2.22. The summed E-state index contributed by atoms with van der Waals surface area (Å²) in [4.78, 5) is 34.0. The van der Waals surface area contributed by atoms with Gasteiger partial charge in [0.2, 0.25) is 5.91 Å². The van der Waals surface area contributed by atoms with Crippen LogP contribution in [0.5, 0.6) is 0 Å². The quantitative estimate of drug-likeness (QED) is 0.173. The Morgan fingerprint density at radius 3 is 1.93 bits per heavy atom. The van der Waals surface area contributed by atoms with Gasteiger partial charge >= 0.3 is 11.9 Å². The molecule has 0 aliphatic rings. The summed E-state index contributed by atoms with van der Waals surface area (Å²) < 4.78 is 4.82. The summed E-state index contributed by atoms with van der Waals surface area (Å²) in [5, 5.41) is 20.4.